The van der Waals surface area contributed by atoms with Crippen molar-refractivity contribution in [3.63, 3.8) is 0 Å². The minimum Gasteiger partial charge on any atom is -0.381 e. The number of benzene rings is 1. The lowest BCUT2D eigenvalue weighted by Crippen LogP contribution is -2.17. The molecule has 0 aliphatic carbocycles. The number of halogens is 1. The summed E-state index contributed by atoms with van der Waals surface area (Å²) in [6.07, 6.45) is 2.05. The Morgan fingerprint density at radius 2 is 2.00 bits per heavy atom. The van der Waals surface area contributed by atoms with Crippen molar-refractivity contribution in [1.29, 1.82) is 0 Å². The monoisotopic (exact) mass is 300 g/mol. The highest BCUT2D eigenvalue weighted by Gasteiger charge is 2.15. The molecule has 0 saturated carbocycles. The standard InChI is InChI=1S/C12H17BrN2O2/c1-4-9(5-2)14-11-6-8(3)12(15(16)17)7-10(11)13/h6-7,9,14H,4-5H2,1-3H3. The van der Waals surface area contributed by atoms with E-state index in [0.29, 0.717) is 11.6 Å². The summed E-state index contributed by atoms with van der Waals surface area (Å²) in [6.45, 7) is 5.99. The predicted molar refractivity (Wildman–Crippen MR) is 73.5 cm³/mol. The van der Waals surface area contributed by atoms with Crippen molar-refractivity contribution in [1.82, 2.24) is 0 Å². The number of hydrogen-bond acceptors (Lipinski definition) is 3. The van der Waals surface area contributed by atoms with Crippen molar-refractivity contribution in [2.24, 2.45) is 0 Å². The molecule has 0 radical (unpaired) electrons. The molecule has 17 heavy (non-hydrogen) atoms. The molecule has 0 spiro atoms. The molecule has 0 fully saturated rings. The fourth-order valence-corrected chi connectivity index (χ4v) is 2.14. The van der Waals surface area contributed by atoms with E-state index in [1.165, 1.54) is 0 Å². The van der Waals surface area contributed by atoms with Gasteiger partial charge in [-0.2, -0.15) is 0 Å². The van der Waals surface area contributed by atoms with Crippen LogP contribution in [0.4, 0.5) is 11.4 Å². The highest BCUT2D eigenvalue weighted by Crippen LogP contribution is 2.31. The first kappa shape index (κ1) is 14.0. The van der Waals surface area contributed by atoms with Gasteiger partial charge in [-0.05, 0) is 41.8 Å². The highest BCUT2D eigenvalue weighted by molar-refractivity contribution is 9.10. The van der Waals surface area contributed by atoms with Gasteiger partial charge in [-0.3, -0.25) is 10.1 Å². The van der Waals surface area contributed by atoms with Crippen molar-refractivity contribution in [2.75, 3.05) is 5.32 Å². The van der Waals surface area contributed by atoms with Gasteiger partial charge in [-0.25, -0.2) is 0 Å². The second-order valence-electron chi connectivity index (χ2n) is 4.03. The van der Waals surface area contributed by atoms with Crippen LogP contribution >= 0.6 is 15.9 Å². The van der Waals surface area contributed by atoms with Gasteiger partial charge in [0.2, 0.25) is 0 Å². The quantitative estimate of drug-likeness (QED) is 0.653. The van der Waals surface area contributed by atoms with Gasteiger partial charge in [0.25, 0.3) is 5.69 Å². The molecule has 0 heterocycles. The van der Waals surface area contributed by atoms with Crippen molar-refractivity contribution >= 4 is 27.3 Å². The molecule has 1 aromatic carbocycles. The average Bonchev–Trinajstić information content (AvgIpc) is 2.29. The molecule has 4 nitrogen and oxygen atoms in total. The summed E-state index contributed by atoms with van der Waals surface area (Å²) in [5, 5.41) is 14.2. The van der Waals surface area contributed by atoms with Gasteiger partial charge in [0, 0.05) is 27.8 Å². The molecular weight excluding hydrogens is 284 g/mol. The zero-order valence-corrected chi connectivity index (χ0v) is 11.9. The number of aryl methyl sites for hydroxylation is 1. The van der Waals surface area contributed by atoms with Crippen LogP contribution in [0.5, 0.6) is 0 Å². The zero-order valence-electron chi connectivity index (χ0n) is 10.3. The molecule has 0 bridgehead atoms. The minimum atomic E-state index is -0.360. The normalized spacial score (nSPS) is 10.6. The lowest BCUT2D eigenvalue weighted by molar-refractivity contribution is -0.385. The molecule has 1 rings (SSSR count). The Kier molecular flexibility index (Phi) is 4.93. The minimum absolute atomic E-state index is 0.145. The SMILES string of the molecule is CCC(CC)Nc1cc(C)c([N+](=O)[O-])cc1Br. The van der Waals surface area contributed by atoms with Crippen LogP contribution in [0.1, 0.15) is 32.3 Å². The molecule has 0 aliphatic rings. The van der Waals surface area contributed by atoms with Crippen LogP contribution in [-0.4, -0.2) is 11.0 Å². The maximum atomic E-state index is 10.8. The first-order chi connectivity index (χ1) is 7.99. The summed E-state index contributed by atoms with van der Waals surface area (Å²) >= 11 is 3.37. The van der Waals surface area contributed by atoms with Gasteiger partial charge < -0.3 is 5.32 Å². The van der Waals surface area contributed by atoms with E-state index in [-0.39, 0.29) is 10.6 Å². The van der Waals surface area contributed by atoms with E-state index in [0.717, 1.165) is 23.0 Å². The number of nitrogens with one attached hydrogen (secondary N) is 1. The molecule has 0 aromatic heterocycles. The second kappa shape index (κ2) is 6.00. The lowest BCUT2D eigenvalue weighted by Gasteiger charge is -2.17. The molecule has 0 aliphatic heterocycles. The van der Waals surface area contributed by atoms with Crippen LogP contribution in [-0.2, 0) is 0 Å². The molecule has 0 atom stereocenters. The Hall–Kier alpha value is -1.10. The summed E-state index contributed by atoms with van der Waals surface area (Å²) < 4.78 is 0.738. The Morgan fingerprint density at radius 3 is 2.47 bits per heavy atom. The van der Waals surface area contributed by atoms with E-state index in [1.807, 2.05) is 6.07 Å². The van der Waals surface area contributed by atoms with Crippen LogP contribution in [0, 0.1) is 17.0 Å². The topological polar surface area (TPSA) is 55.2 Å². The molecule has 1 N–H and O–H groups in total. The maximum Gasteiger partial charge on any atom is 0.273 e. The lowest BCUT2D eigenvalue weighted by atomic mass is 10.1. The first-order valence-electron chi connectivity index (χ1n) is 5.70. The van der Waals surface area contributed by atoms with E-state index in [1.54, 1.807) is 13.0 Å². The summed E-state index contributed by atoms with van der Waals surface area (Å²) in [5.41, 5.74) is 1.74. The Bertz CT molecular complexity index is 417. The number of nitro benzene ring substituents is 1. The number of nitrogens with zero attached hydrogens (tertiary/aromatic N) is 1. The van der Waals surface area contributed by atoms with Crippen LogP contribution in [0.3, 0.4) is 0 Å². The Labute approximate surface area is 110 Å². The summed E-state index contributed by atoms with van der Waals surface area (Å²) in [4.78, 5) is 10.4. The molecule has 0 saturated heterocycles. The third-order valence-electron chi connectivity index (χ3n) is 2.83. The number of anilines is 1. The summed E-state index contributed by atoms with van der Waals surface area (Å²) in [7, 11) is 0. The fourth-order valence-electron chi connectivity index (χ4n) is 1.69. The van der Waals surface area contributed by atoms with Crippen LogP contribution < -0.4 is 5.32 Å². The predicted octanol–water partition coefficient (Wildman–Crippen LogP) is 4.27. The molecule has 94 valence electrons. The van der Waals surface area contributed by atoms with E-state index in [9.17, 15) is 10.1 Å². The third-order valence-corrected chi connectivity index (χ3v) is 3.48. The molecule has 0 unspecified atom stereocenters. The Balaban J connectivity index is 3.03. The summed E-state index contributed by atoms with van der Waals surface area (Å²) in [6, 6.07) is 3.77. The average molecular weight is 301 g/mol. The highest BCUT2D eigenvalue weighted by atomic mass is 79.9. The van der Waals surface area contributed by atoms with Gasteiger partial charge in [-0.1, -0.05) is 13.8 Å². The van der Waals surface area contributed by atoms with E-state index in [2.05, 4.69) is 35.1 Å². The maximum absolute atomic E-state index is 10.8. The van der Waals surface area contributed by atoms with Crippen molar-refractivity contribution < 1.29 is 4.92 Å². The molecular formula is C12H17BrN2O2. The molecule has 5 heteroatoms. The second-order valence-corrected chi connectivity index (χ2v) is 4.89. The van der Waals surface area contributed by atoms with Gasteiger partial charge in [0.15, 0.2) is 0 Å². The van der Waals surface area contributed by atoms with Crippen molar-refractivity contribution in [2.45, 2.75) is 39.7 Å². The molecule has 1 aromatic rings. The van der Waals surface area contributed by atoms with Crippen LogP contribution in [0.25, 0.3) is 0 Å². The fraction of sp³-hybridized carbons (Fsp3) is 0.500. The van der Waals surface area contributed by atoms with E-state index < -0.39 is 0 Å². The van der Waals surface area contributed by atoms with Crippen LogP contribution in [0.2, 0.25) is 0 Å². The summed E-state index contributed by atoms with van der Waals surface area (Å²) in [5.74, 6) is 0. The van der Waals surface area contributed by atoms with Crippen LogP contribution in [0.15, 0.2) is 16.6 Å². The largest absolute Gasteiger partial charge is 0.381 e. The first-order valence-corrected chi connectivity index (χ1v) is 6.49. The van der Waals surface area contributed by atoms with Gasteiger partial charge >= 0.3 is 0 Å². The zero-order chi connectivity index (χ0) is 13.0. The van der Waals surface area contributed by atoms with Gasteiger partial charge in [0.1, 0.15) is 0 Å². The van der Waals surface area contributed by atoms with Gasteiger partial charge in [-0.15, -0.1) is 0 Å². The van der Waals surface area contributed by atoms with Gasteiger partial charge in [0.05, 0.1) is 4.92 Å². The van der Waals surface area contributed by atoms with Crippen molar-refractivity contribution in [3.8, 4) is 0 Å². The Morgan fingerprint density at radius 1 is 1.41 bits per heavy atom. The third kappa shape index (κ3) is 3.43. The van der Waals surface area contributed by atoms with Crippen molar-refractivity contribution in [3.05, 3.63) is 32.3 Å². The number of nitro groups is 1. The smallest absolute Gasteiger partial charge is 0.273 e. The molecule has 0 amide bonds. The van der Waals surface area contributed by atoms with E-state index in [4.69, 9.17) is 0 Å². The van der Waals surface area contributed by atoms with E-state index >= 15 is 0 Å². The number of hydrogen-bond donors (Lipinski definition) is 1. The number of rotatable bonds is 5.